The third-order valence-electron chi connectivity index (χ3n) is 3.75. The number of nitrogens with zero attached hydrogens (tertiary/aromatic N) is 1. The van der Waals surface area contributed by atoms with Gasteiger partial charge in [0, 0.05) is 12.0 Å². The maximum absolute atomic E-state index is 13.1. The molecule has 0 spiro atoms. The molecular formula is C14H17FN2S. The molecule has 2 aromatic rings. The molecule has 0 unspecified atom stereocenters. The maximum atomic E-state index is 13.1. The van der Waals surface area contributed by atoms with E-state index in [9.17, 15) is 4.39 Å². The van der Waals surface area contributed by atoms with Crippen LogP contribution in [0.25, 0.3) is 10.2 Å². The summed E-state index contributed by atoms with van der Waals surface area (Å²) in [5, 5.41) is 1.04. The molecule has 1 fully saturated rings. The van der Waals surface area contributed by atoms with Crippen molar-refractivity contribution in [2.75, 3.05) is 0 Å². The van der Waals surface area contributed by atoms with E-state index in [1.807, 2.05) is 0 Å². The highest BCUT2D eigenvalue weighted by Crippen LogP contribution is 2.32. The van der Waals surface area contributed by atoms with Gasteiger partial charge >= 0.3 is 0 Å². The van der Waals surface area contributed by atoms with E-state index in [0.717, 1.165) is 34.5 Å². The average molecular weight is 264 g/mol. The molecule has 1 saturated carbocycles. The summed E-state index contributed by atoms with van der Waals surface area (Å²) in [5.74, 6) is -0.196. The third kappa shape index (κ3) is 2.40. The first-order valence-electron chi connectivity index (χ1n) is 6.49. The second-order valence-corrected chi connectivity index (χ2v) is 6.43. The van der Waals surface area contributed by atoms with Gasteiger partial charge in [0.25, 0.3) is 0 Å². The summed E-state index contributed by atoms with van der Waals surface area (Å²) in [7, 11) is 0. The molecule has 2 nitrogen and oxygen atoms in total. The van der Waals surface area contributed by atoms with Crippen molar-refractivity contribution in [3.63, 3.8) is 0 Å². The molecule has 3 rings (SSSR count). The Bertz CT molecular complexity index is 558. The van der Waals surface area contributed by atoms with E-state index in [4.69, 9.17) is 5.73 Å². The lowest BCUT2D eigenvalue weighted by Gasteiger charge is -2.32. The van der Waals surface area contributed by atoms with Crippen molar-refractivity contribution >= 4 is 21.6 Å². The van der Waals surface area contributed by atoms with Gasteiger partial charge in [-0.05, 0) is 31.0 Å². The lowest BCUT2D eigenvalue weighted by Crippen LogP contribution is -2.43. The summed E-state index contributed by atoms with van der Waals surface area (Å²) in [4.78, 5) is 4.56. The van der Waals surface area contributed by atoms with Crippen LogP contribution in [0.5, 0.6) is 0 Å². The first-order valence-corrected chi connectivity index (χ1v) is 7.30. The standard InChI is InChI=1S/C14H17FN2S/c15-10-4-5-11-12(8-10)18-13(17-11)9-14(16)6-2-1-3-7-14/h4-5,8H,1-3,6-7,9,16H2. The lowest BCUT2D eigenvalue weighted by atomic mass is 9.80. The molecule has 2 N–H and O–H groups in total. The van der Waals surface area contributed by atoms with Crippen LogP contribution in [0.4, 0.5) is 4.39 Å². The summed E-state index contributed by atoms with van der Waals surface area (Å²) >= 11 is 1.57. The zero-order valence-corrected chi connectivity index (χ0v) is 11.1. The zero-order valence-electron chi connectivity index (χ0n) is 10.3. The first kappa shape index (κ1) is 12.1. The molecule has 96 valence electrons. The quantitative estimate of drug-likeness (QED) is 0.899. The Kier molecular flexibility index (Phi) is 3.08. The van der Waals surface area contributed by atoms with Crippen molar-refractivity contribution in [2.45, 2.75) is 44.1 Å². The van der Waals surface area contributed by atoms with Crippen molar-refractivity contribution in [2.24, 2.45) is 5.73 Å². The monoisotopic (exact) mass is 264 g/mol. The van der Waals surface area contributed by atoms with Crippen LogP contribution in [0.3, 0.4) is 0 Å². The molecular weight excluding hydrogens is 247 g/mol. The highest BCUT2D eigenvalue weighted by atomic mass is 32.1. The van der Waals surface area contributed by atoms with Crippen LogP contribution >= 0.6 is 11.3 Å². The predicted molar refractivity (Wildman–Crippen MR) is 73.3 cm³/mol. The van der Waals surface area contributed by atoms with E-state index in [1.54, 1.807) is 23.5 Å². The summed E-state index contributed by atoms with van der Waals surface area (Å²) in [6, 6.07) is 4.76. The van der Waals surface area contributed by atoms with E-state index in [2.05, 4.69) is 4.98 Å². The Labute approximate surface area is 110 Å². The number of hydrogen-bond acceptors (Lipinski definition) is 3. The van der Waals surface area contributed by atoms with Gasteiger partial charge in [-0.25, -0.2) is 9.37 Å². The number of fused-ring (bicyclic) bond motifs is 1. The highest BCUT2D eigenvalue weighted by Gasteiger charge is 2.28. The van der Waals surface area contributed by atoms with Crippen molar-refractivity contribution in [1.82, 2.24) is 4.98 Å². The SMILES string of the molecule is NC1(Cc2nc3ccc(F)cc3s2)CCCCC1. The molecule has 18 heavy (non-hydrogen) atoms. The van der Waals surface area contributed by atoms with Gasteiger partial charge in [0.1, 0.15) is 5.82 Å². The zero-order chi connectivity index (χ0) is 12.6. The van der Waals surface area contributed by atoms with Gasteiger partial charge in [0.05, 0.1) is 15.2 Å². The summed E-state index contributed by atoms with van der Waals surface area (Å²) in [5.41, 5.74) is 7.23. The van der Waals surface area contributed by atoms with Crippen LogP contribution < -0.4 is 5.73 Å². The molecule has 1 aliphatic carbocycles. The fraction of sp³-hybridized carbons (Fsp3) is 0.500. The van der Waals surface area contributed by atoms with Gasteiger partial charge in [-0.2, -0.15) is 0 Å². The van der Waals surface area contributed by atoms with E-state index >= 15 is 0 Å². The van der Waals surface area contributed by atoms with Gasteiger partial charge in [-0.3, -0.25) is 0 Å². The van der Waals surface area contributed by atoms with Crippen molar-refractivity contribution in [3.8, 4) is 0 Å². The number of nitrogens with two attached hydrogens (primary N) is 1. The third-order valence-corrected chi connectivity index (χ3v) is 4.77. The number of hydrogen-bond donors (Lipinski definition) is 1. The second kappa shape index (κ2) is 4.59. The largest absolute Gasteiger partial charge is 0.325 e. The predicted octanol–water partition coefficient (Wildman–Crippen LogP) is 3.64. The molecule has 0 bridgehead atoms. The molecule has 0 saturated heterocycles. The van der Waals surface area contributed by atoms with Crippen molar-refractivity contribution in [1.29, 1.82) is 0 Å². The number of rotatable bonds is 2. The number of halogens is 1. The molecule has 1 aromatic heterocycles. The van der Waals surface area contributed by atoms with Crippen molar-refractivity contribution in [3.05, 3.63) is 29.0 Å². The van der Waals surface area contributed by atoms with Crippen LogP contribution in [-0.2, 0) is 6.42 Å². The summed E-state index contributed by atoms with van der Waals surface area (Å²) in [6.07, 6.45) is 6.72. The van der Waals surface area contributed by atoms with E-state index in [1.165, 1.54) is 25.3 Å². The fourth-order valence-corrected chi connectivity index (χ4v) is 3.90. The molecule has 4 heteroatoms. The first-order chi connectivity index (χ1) is 8.65. The van der Waals surface area contributed by atoms with Gasteiger partial charge in [-0.15, -0.1) is 11.3 Å². The smallest absolute Gasteiger partial charge is 0.124 e. The maximum Gasteiger partial charge on any atom is 0.124 e. The van der Waals surface area contributed by atoms with Crippen LogP contribution in [0.2, 0.25) is 0 Å². The van der Waals surface area contributed by atoms with Crippen LogP contribution in [-0.4, -0.2) is 10.5 Å². The normalized spacial score (nSPS) is 19.2. The van der Waals surface area contributed by atoms with E-state index < -0.39 is 0 Å². The van der Waals surface area contributed by atoms with E-state index in [0.29, 0.717) is 0 Å². The highest BCUT2D eigenvalue weighted by molar-refractivity contribution is 7.18. The average Bonchev–Trinajstić information content (AvgIpc) is 2.70. The molecule has 0 aliphatic heterocycles. The minimum Gasteiger partial charge on any atom is -0.325 e. The minimum atomic E-state index is -0.196. The Morgan fingerprint density at radius 3 is 2.83 bits per heavy atom. The van der Waals surface area contributed by atoms with Gasteiger partial charge in [-0.1, -0.05) is 19.3 Å². The number of aromatic nitrogens is 1. The Morgan fingerprint density at radius 1 is 1.28 bits per heavy atom. The second-order valence-electron chi connectivity index (χ2n) is 5.32. The lowest BCUT2D eigenvalue weighted by molar-refractivity contribution is 0.294. The van der Waals surface area contributed by atoms with Crippen LogP contribution in [0, 0.1) is 5.82 Å². The molecule has 1 aromatic carbocycles. The van der Waals surface area contributed by atoms with E-state index in [-0.39, 0.29) is 11.4 Å². The molecule has 0 atom stereocenters. The number of thiazole rings is 1. The Hall–Kier alpha value is -1.000. The van der Waals surface area contributed by atoms with Crippen LogP contribution in [0.15, 0.2) is 18.2 Å². The molecule has 1 aliphatic rings. The van der Waals surface area contributed by atoms with Gasteiger partial charge in [0.15, 0.2) is 0 Å². The minimum absolute atomic E-state index is 0.0926. The Balaban J connectivity index is 1.86. The summed E-state index contributed by atoms with van der Waals surface area (Å²) < 4.78 is 14.1. The number of benzene rings is 1. The van der Waals surface area contributed by atoms with Crippen molar-refractivity contribution < 1.29 is 4.39 Å². The molecule has 0 amide bonds. The van der Waals surface area contributed by atoms with Crippen LogP contribution in [0.1, 0.15) is 37.1 Å². The topological polar surface area (TPSA) is 38.9 Å². The fourth-order valence-electron chi connectivity index (χ4n) is 2.76. The molecule has 0 radical (unpaired) electrons. The summed E-state index contributed by atoms with van der Waals surface area (Å²) in [6.45, 7) is 0. The molecule has 1 heterocycles. The van der Waals surface area contributed by atoms with Gasteiger partial charge < -0.3 is 5.73 Å². The van der Waals surface area contributed by atoms with Gasteiger partial charge in [0.2, 0.25) is 0 Å². The Morgan fingerprint density at radius 2 is 2.06 bits per heavy atom.